The molecule has 0 aromatic carbocycles. The van der Waals surface area contributed by atoms with E-state index in [1.54, 1.807) is 12.4 Å². The van der Waals surface area contributed by atoms with Gasteiger partial charge in [0.15, 0.2) is 0 Å². The highest BCUT2D eigenvalue weighted by Gasteiger charge is 2.12. The summed E-state index contributed by atoms with van der Waals surface area (Å²) in [7, 11) is 0. The third-order valence-electron chi connectivity index (χ3n) is 2.20. The van der Waals surface area contributed by atoms with Gasteiger partial charge in [-0.1, -0.05) is 6.92 Å². The van der Waals surface area contributed by atoms with Crippen molar-refractivity contribution in [3.05, 3.63) is 35.7 Å². The van der Waals surface area contributed by atoms with E-state index < -0.39 is 0 Å². The molecule has 0 atom stereocenters. The number of pyridine rings is 1. The Hall–Kier alpha value is -2.24. The predicted octanol–water partition coefficient (Wildman–Crippen LogP) is 1.32. The maximum Gasteiger partial charge on any atom is 0.295 e. The Bertz CT molecular complexity index is 534. The van der Waals surface area contributed by atoms with Gasteiger partial charge in [-0.15, -0.1) is 5.10 Å². The van der Waals surface area contributed by atoms with Gasteiger partial charge in [0.2, 0.25) is 5.82 Å². The van der Waals surface area contributed by atoms with Gasteiger partial charge in [-0.25, -0.2) is 4.98 Å². The molecule has 6 heteroatoms. The van der Waals surface area contributed by atoms with Gasteiger partial charge in [0.1, 0.15) is 5.82 Å². The maximum absolute atomic E-state index is 11.8. The van der Waals surface area contributed by atoms with Crippen molar-refractivity contribution in [2.45, 2.75) is 20.3 Å². The second kappa shape index (κ2) is 4.73. The van der Waals surface area contributed by atoms with Gasteiger partial charge < -0.3 is 5.32 Å². The number of H-pyrrole nitrogens is 1. The Labute approximate surface area is 98.5 Å². The molecule has 1 amide bonds. The normalized spacial score (nSPS) is 10.2. The minimum Gasteiger partial charge on any atom is -0.318 e. The van der Waals surface area contributed by atoms with Gasteiger partial charge >= 0.3 is 0 Å². The zero-order valence-electron chi connectivity index (χ0n) is 9.69. The predicted molar refractivity (Wildman–Crippen MR) is 62.7 cm³/mol. The second-order valence-electron chi connectivity index (χ2n) is 3.66. The Morgan fingerprint density at radius 1 is 1.47 bits per heavy atom. The van der Waals surface area contributed by atoms with E-state index in [0.717, 1.165) is 5.56 Å². The van der Waals surface area contributed by atoms with Crippen LogP contribution in [0.25, 0.3) is 0 Å². The number of hydrogen-bond donors (Lipinski definition) is 2. The molecule has 0 fully saturated rings. The fourth-order valence-electron chi connectivity index (χ4n) is 1.37. The summed E-state index contributed by atoms with van der Waals surface area (Å²) in [6.07, 6.45) is 4.02. The van der Waals surface area contributed by atoms with Crippen LogP contribution in [0.2, 0.25) is 0 Å². The minimum absolute atomic E-state index is 0.142. The van der Waals surface area contributed by atoms with Gasteiger partial charge in [0.05, 0.1) is 11.9 Å². The molecule has 0 saturated carbocycles. The molecule has 0 radical (unpaired) electrons. The van der Waals surface area contributed by atoms with Crippen molar-refractivity contribution in [2.75, 3.05) is 5.32 Å². The molecule has 2 rings (SSSR count). The second-order valence-corrected chi connectivity index (χ2v) is 3.66. The highest BCUT2D eigenvalue weighted by Crippen LogP contribution is 2.08. The van der Waals surface area contributed by atoms with Crippen LogP contribution in [0, 0.1) is 6.92 Å². The molecular formula is C11H13N5O. The largest absolute Gasteiger partial charge is 0.318 e. The number of aromatic amines is 1. The third-order valence-corrected chi connectivity index (χ3v) is 2.20. The Kier molecular flexibility index (Phi) is 3.13. The molecule has 0 unspecified atom stereocenters. The van der Waals surface area contributed by atoms with Gasteiger partial charge in [0.25, 0.3) is 5.91 Å². The topological polar surface area (TPSA) is 83.6 Å². The van der Waals surface area contributed by atoms with Crippen LogP contribution in [0.3, 0.4) is 0 Å². The summed E-state index contributed by atoms with van der Waals surface area (Å²) in [5.74, 6) is 0.495. The van der Waals surface area contributed by atoms with Gasteiger partial charge in [-0.2, -0.15) is 0 Å². The number of anilines is 1. The summed E-state index contributed by atoms with van der Waals surface area (Å²) in [6, 6.07) is 1.83. The average Bonchev–Trinajstić information content (AvgIpc) is 2.77. The number of hydrogen-bond acceptors (Lipinski definition) is 4. The van der Waals surface area contributed by atoms with E-state index in [2.05, 4.69) is 25.5 Å². The first-order valence-electron chi connectivity index (χ1n) is 5.33. The van der Waals surface area contributed by atoms with Gasteiger partial charge in [-0.3, -0.25) is 14.9 Å². The Balaban J connectivity index is 2.11. The summed E-state index contributed by atoms with van der Waals surface area (Å²) >= 11 is 0. The minimum atomic E-state index is -0.339. The zero-order valence-corrected chi connectivity index (χ0v) is 9.69. The molecule has 0 aliphatic rings. The molecule has 0 saturated heterocycles. The maximum atomic E-state index is 11.8. The van der Waals surface area contributed by atoms with E-state index in [0.29, 0.717) is 17.9 Å². The first-order chi connectivity index (χ1) is 8.19. The quantitative estimate of drug-likeness (QED) is 0.834. The van der Waals surface area contributed by atoms with Crippen molar-refractivity contribution >= 4 is 11.6 Å². The molecule has 2 N–H and O–H groups in total. The number of carbonyl (C=O) groups excluding carboxylic acids is 1. The fraction of sp³-hybridized carbons (Fsp3) is 0.273. The van der Waals surface area contributed by atoms with E-state index in [-0.39, 0.29) is 11.7 Å². The number of nitrogens with zero attached hydrogens (tertiary/aromatic N) is 3. The molecule has 88 valence electrons. The molecule has 2 aromatic rings. The van der Waals surface area contributed by atoms with Crippen molar-refractivity contribution in [3.63, 3.8) is 0 Å². The molecule has 17 heavy (non-hydrogen) atoms. The van der Waals surface area contributed by atoms with Crippen LogP contribution in [0.5, 0.6) is 0 Å². The standard InChI is InChI=1S/C11H13N5O/c1-3-9-14-10(16-15-9)11(17)13-8-4-7(2)5-12-6-8/h4-6H,3H2,1-2H3,(H,13,17)(H,14,15,16). The summed E-state index contributed by atoms with van der Waals surface area (Å²) in [4.78, 5) is 19.8. The number of rotatable bonds is 3. The lowest BCUT2D eigenvalue weighted by Crippen LogP contribution is -2.14. The highest BCUT2D eigenvalue weighted by molar-refractivity contribution is 6.01. The lowest BCUT2D eigenvalue weighted by molar-refractivity contribution is 0.101. The first-order valence-corrected chi connectivity index (χ1v) is 5.33. The number of carbonyl (C=O) groups is 1. The number of aromatic nitrogens is 4. The zero-order chi connectivity index (χ0) is 12.3. The summed E-state index contributed by atoms with van der Waals surface area (Å²) < 4.78 is 0. The van der Waals surface area contributed by atoms with E-state index >= 15 is 0 Å². The van der Waals surface area contributed by atoms with Crippen LogP contribution in [0.15, 0.2) is 18.5 Å². The number of aryl methyl sites for hydroxylation is 2. The monoisotopic (exact) mass is 231 g/mol. The fourth-order valence-corrected chi connectivity index (χ4v) is 1.37. The lowest BCUT2D eigenvalue weighted by atomic mass is 10.3. The smallest absolute Gasteiger partial charge is 0.295 e. The Morgan fingerprint density at radius 3 is 2.94 bits per heavy atom. The van der Waals surface area contributed by atoms with Gasteiger partial charge in [-0.05, 0) is 18.6 Å². The van der Waals surface area contributed by atoms with Crippen LogP contribution < -0.4 is 5.32 Å². The number of nitrogens with one attached hydrogen (secondary N) is 2. The lowest BCUT2D eigenvalue weighted by Gasteiger charge is -2.02. The molecule has 2 aromatic heterocycles. The summed E-state index contributed by atoms with van der Waals surface area (Å²) in [6.45, 7) is 3.84. The van der Waals surface area contributed by atoms with Crippen molar-refractivity contribution in [3.8, 4) is 0 Å². The number of amides is 1. The van der Waals surface area contributed by atoms with E-state index in [1.165, 1.54) is 0 Å². The molecule has 0 aliphatic heterocycles. The summed E-state index contributed by atoms with van der Waals surface area (Å²) in [5.41, 5.74) is 1.62. The molecule has 0 spiro atoms. The molecule has 2 heterocycles. The average molecular weight is 231 g/mol. The van der Waals surface area contributed by atoms with Crippen LogP contribution in [0.1, 0.15) is 28.9 Å². The molecular weight excluding hydrogens is 218 g/mol. The Morgan fingerprint density at radius 2 is 2.29 bits per heavy atom. The van der Waals surface area contributed by atoms with Crippen LogP contribution >= 0.6 is 0 Å². The highest BCUT2D eigenvalue weighted by atomic mass is 16.2. The van der Waals surface area contributed by atoms with Crippen LogP contribution in [0.4, 0.5) is 5.69 Å². The van der Waals surface area contributed by atoms with Crippen molar-refractivity contribution in [1.82, 2.24) is 20.2 Å². The van der Waals surface area contributed by atoms with Crippen molar-refractivity contribution in [2.24, 2.45) is 0 Å². The third kappa shape index (κ3) is 2.66. The summed E-state index contributed by atoms with van der Waals surface area (Å²) in [5, 5.41) is 9.22. The first kappa shape index (κ1) is 11.3. The van der Waals surface area contributed by atoms with E-state index in [4.69, 9.17) is 0 Å². The molecule has 0 aliphatic carbocycles. The van der Waals surface area contributed by atoms with Crippen LogP contribution in [-0.2, 0) is 6.42 Å². The molecule has 0 bridgehead atoms. The van der Waals surface area contributed by atoms with Crippen LogP contribution in [-0.4, -0.2) is 26.1 Å². The van der Waals surface area contributed by atoms with E-state index in [9.17, 15) is 4.79 Å². The van der Waals surface area contributed by atoms with Crippen molar-refractivity contribution in [1.29, 1.82) is 0 Å². The van der Waals surface area contributed by atoms with Gasteiger partial charge in [0, 0.05) is 12.6 Å². The van der Waals surface area contributed by atoms with E-state index in [1.807, 2.05) is 19.9 Å². The van der Waals surface area contributed by atoms with Crippen molar-refractivity contribution < 1.29 is 4.79 Å². The molecule has 6 nitrogen and oxygen atoms in total. The SMILES string of the molecule is CCc1nc(C(=O)Nc2cncc(C)c2)n[nH]1.